The number of rotatable bonds is 5. The largest absolute Gasteiger partial charge is 0.378 e. The highest BCUT2D eigenvalue weighted by Crippen LogP contribution is 2.33. The van der Waals surface area contributed by atoms with Crippen molar-refractivity contribution in [1.29, 1.82) is 0 Å². The van der Waals surface area contributed by atoms with Gasteiger partial charge in [0.25, 0.3) is 0 Å². The summed E-state index contributed by atoms with van der Waals surface area (Å²) in [5, 5.41) is 3.85. The number of nitrogens with one attached hydrogen (secondary N) is 1. The molecule has 2 rings (SSSR count). The summed E-state index contributed by atoms with van der Waals surface area (Å²) in [7, 11) is 0. The Balaban J connectivity index is 2.21. The van der Waals surface area contributed by atoms with Crippen molar-refractivity contribution in [3.63, 3.8) is 0 Å². The van der Waals surface area contributed by atoms with Crippen LogP contribution in [0.1, 0.15) is 32.6 Å². The zero-order valence-corrected chi connectivity index (χ0v) is 12.5. The molecule has 110 valence electrons. The van der Waals surface area contributed by atoms with Crippen LogP contribution in [-0.4, -0.2) is 24.2 Å². The second-order valence-electron chi connectivity index (χ2n) is 5.29. The highest BCUT2D eigenvalue weighted by molar-refractivity contribution is 6.33. The lowest BCUT2D eigenvalue weighted by Crippen LogP contribution is -2.56. The maximum Gasteiger partial charge on any atom is 0.243 e. The molecule has 0 aromatic heterocycles. The van der Waals surface area contributed by atoms with Gasteiger partial charge in [0.15, 0.2) is 0 Å². The monoisotopic (exact) mass is 296 g/mol. The zero-order chi connectivity index (χ0) is 14.6. The van der Waals surface area contributed by atoms with Crippen LogP contribution < -0.4 is 11.1 Å². The minimum Gasteiger partial charge on any atom is -0.378 e. The van der Waals surface area contributed by atoms with Crippen LogP contribution in [0, 0.1) is 0 Å². The molecule has 20 heavy (non-hydrogen) atoms. The van der Waals surface area contributed by atoms with Gasteiger partial charge in [-0.05, 0) is 18.6 Å². The summed E-state index contributed by atoms with van der Waals surface area (Å²) in [6.07, 6.45) is 3.16. The number of primary amides is 1. The summed E-state index contributed by atoms with van der Waals surface area (Å²) < 4.78 is 5.71. The summed E-state index contributed by atoms with van der Waals surface area (Å²) in [4.78, 5) is 12.0. The molecule has 1 saturated heterocycles. The molecule has 5 heteroatoms. The number of halogens is 1. The molecule has 2 atom stereocenters. The number of anilines is 1. The molecule has 1 aliphatic heterocycles. The Kier molecular flexibility index (Phi) is 4.89. The number of carbonyl (C=O) groups excluding carboxylic acids is 1. The van der Waals surface area contributed by atoms with Gasteiger partial charge in [0, 0.05) is 19.4 Å². The molecule has 1 heterocycles. The zero-order valence-electron chi connectivity index (χ0n) is 11.7. The Hall–Kier alpha value is -1.26. The summed E-state index contributed by atoms with van der Waals surface area (Å²) >= 11 is 6.16. The highest BCUT2D eigenvalue weighted by Gasteiger charge is 2.42. The van der Waals surface area contributed by atoms with Gasteiger partial charge < -0.3 is 15.8 Å². The fourth-order valence-electron chi connectivity index (χ4n) is 2.68. The molecule has 1 amide bonds. The molecule has 2 unspecified atom stereocenters. The minimum absolute atomic E-state index is 0.0660. The molecule has 4 nitrogen and oxygen atoms in total. The van der Waals surface area contributed by atoms with E-state index < -0.39 is 5.54 Å². The van der Waals surface area contributed by atoms with Crippen LogP contribution in [0.15, 0.2) is 24.3 Å². The van der Waals surface area contributed by atoms with Gasteiger partial charge in [-0.2, -0.15) is 0 Å². The van der Waals surface area contributed by atoms with Crippen molar-refractivity contribution in [1.82, 2.24) is 0 Å². The number of amides is 1. The molecular weight excluding hydrogens is 276 g/mol. The SMILES string of the molecule is CCCC1CC(Nc2ccccc2Cl)(C(N)=O)CCO1. The molecule has 0 aliphatic carbocycles. The summed E-state index contributed by atoms with van der Waals surface area (Å²) in [5.41, 5.74) is 5.62. The molecule has 0 spiro atoms. The van der Waals surface area contributed by atoms with E-state index in [-0.39, 0.29) is 12.0 Å². The quantitative estimate of drug-likeness (QED) is 0.878. The minimum atomic E-state index is -0.775. The van der Waals surface area contributed by atoms with Crippen LogP contribution in [0.5, 0.6) is 0 Å². The van der Waals surface area contributed by atoms with Gasteiger partial charge in [-0.3, -0.25) is 4.79 Å². The number of hydrogen-bond acceptors (Lipinski definition) is 3. The Morgan fingerprint density at radius 1 is 1.55 bits per heavy atom. The molecule has 3 N–H and O–H groups in total. The van der Waals surface area contributed by atoms with Gasteiger partial charge in [-0.1, -0.05) is 37.1 Å². The van der Waals surface area contributed by atoms with Crippen molar-refractivity contribution in [3.05, 3.63) is 29.3 Å². The van der Waals surface area contributed by atoms with Gasteiger partial charge in [0.05, 0.1) is 16.8 Å². The second-order valence-corrected chi connectivity index (χ2v) is 5.69. The Morgan fingerprint density at radius 2 is 2.30 bits per heavy atom. The van der Waals surface area contributed by atoms with Gasteiger partial charge >= 0.3 is 0 Å². The molecule has 0 saturated carbocycles. The predicted octanol–water partition coefficient (Wildman–Crippen LogP) is 2.96. The Morgan fingerprint density at radius 3 is 2.95 bits per heavy atom. The number of carbonyl (C=O) groups is 1. The van der Waals surface area contributed by atoms with Crippen molar-refractivity contribution in [2.75, 3.05) is 11.9 Å². The van der Waals surface area contributed by atoms with E-state index in [0.29, 0.717) is 24.5 Å². The second kappa shape index (κ2) is 6.46. The third-order valence-corrected chi connectivity index (χ3v) is 4.12. The fourth-order valence-corrected chi connectivity index (χ4v) is 2.86. The maximum atomic E-state index is 12.0. The van der Waals surface area contributed by atoms with Crippen LogP contribution in [-0.2, 0) is 9.53 Å². The van der Waals surface area contributed by atoms with Crippen molar-refractivity contribution in [2.45, 2.75) is 44.2 Å². The van der Waals surface area contributed by atoms with Crippen LogP contribution in [0.4, 0.5) is 5.69 Å². The van der Waals surface area contributed by atoms with Crippen LogP contribution >= 0.6 is 11.6 Å². The first-order valence-electron chi connectivity index (χ1n) is 7.01. The van der Waals surface area contributed by atoms with E-state index in [1.807, 2.05) is 18.2 Å². The van der Waals surface area contributed by atoms with E-state index in [2.05, 4.69) is 12.2 Å². The summed E-state index contributed by atoms with van der Waals surface area (Å²) in [5.74, 6) is -0.346. The number of hydrogen-bond donors (Lipinski definition) is 2. The van der Waals surface area contributed by atoms with E-state index in [1.165, 1.54) is 0 Å². The standard InChI is InChI=1S/C15H21ClN2O2/c1-2-5-11-10-15(14(17)19,8-9-20-11)18-13-7-4-3-6-12(13)16/h3-4,6-7,11,18H,2,5,8-10H2,1H3,(H2,17,19). The molecular formula is C15H21ClN2O2. The summed E-state index contributed by atoms with van der Waals surface area (Å²) in [6.45, 7) is 2.64. The Labute approximate surface area is 124 Å². The molecule has 1 aliphatic rings. The maximum absolute atomic E-state index is 12.0. The number of para-hydroxylation sites is 1. The fraction of sp³-hybridized carbons (Fsp3) is 0.533. The average Bonchev–Trinajstić information content (AvgIpc) is 2.42. The first kappa shape index (κ1) is 15.1. The van der Waals surface area contributed by atoms with Gasteiger partial charge in [-0.15, -0.1) is 0 Å². The van der Waals surface area contributed by atoms with Crippen LogP contribution in [0.2, 0.25) is 5.02 Å². The summed E-state index contributed by atoms with van der Waals surface area (Å²) in [6, 6.07) is 7.39. The number of nitrogens with two attached hydrogens (primary N) is 1. The van der Waals surface area contributed by atoms with Crippen molar-refractivity contribution in [3.8, 4) is 0 Å². The highest BCUT2D eigenvalue weighted by atomic mass is 35.5. The van der Waals surface area contributed by atoms with Crippen molar-refractivity contribution < 1.29 is 9.53 Å². The first-order chi connectivity index (χ1) is 9.57. The lowest BCUT2D eigenvalue weighted by Gasteiger charge is -2.40. The topological polar surface area (TPSA) is 64.3 Å². The lowest BCUT2D eigenvalue weighted by molar-refractivity contribution is -0.127. The normalized spacial score (nSPS) is 26.2. The lowest BCUT2D eigenvalue weighted by atomic mass is 9.84. The van der Waals surface area contributed by atoms with Crippen molar-refractivity contribution >= 4 is 23.2 Å². The molecule has 1 aromatic carbocycles. The van der Waals surface area contributed by atoms with Gasteiger partial charge in [-0.25, -0.2) is 0 Å². The predicted molar refractivity (Wildman–Crippen MR) is 80.9 cm³/mol. The van der Waals surface area contributed by atoms with Crippen molar-refractivity contribution in [2.24, 2.45) is 5.73 Å². The average molecular weight is 297 g/mol. The number of ether oxygens (including phenoxy) is 1. The van der Waals surface area contributed by atoms with E-state index in [9.17, 15) is 4.79 Å². The van der Waals surface area contributed by atoms with Gasteiger partial charge in [0.2, 0.25) is 5.91 Å². The van der Waals surface area contributed by atoms with E-state index in [1.54, 1.807) is 6.07 Å². The van der Waals surface area contributed by atoms with Gasteiger partial charge in [0.1, 0.15) is 5.54 Å². The third kappa shape index (κ3) is 3.25. The molecule has 1 aromatic rings. The molecule has 0 bridgehead atoms. The smallest absolute Gasteiger partial charge is 0.243 e. The van der Waals surface area contributed by atoms with E-state index in [4.69, 9.17) is 22.1 Å². The Bertz CT molecular complexity index is 479. The van der Waals surface area contributed by atoms with E-state index >= 15 is 0 Å². The first-order valence-corrected chi connectivity index (χ1v) is 7.39. The number of benzene rings is 1. The van der Waals surface area contributed by atoms with Crippen LogP contribution in [0.25, 0.3) is 0 Å². The van der Waals surface area contributed by atoms with E-state index in [0.717, 1.165) is 18.5 Å². The van der Waals surface area contributed by atoms with Crippen LogP contribution in [0.3, 0.4) is 0 Å². The molecule has 0 radical (unpaired) electrons. The third-order valence-electron chi connectivity index (χ3n) is 3.79. The molecule has 1 fully saturated rings.